The predicted octanol–water partition coefficient (Wildman–Crippen LogP) is 3.35. The highest BCUT2D eigenvalue weighted by atomic mass is 19.1. The molecule has 1 aliphatic carbocycles. The average Bonchev–Trinajstić information content (AvgIpc) is 2.61. The largest absolute Gasteiger partial charge is 0.381 e. The summed E-state index contributed by atoms with van der Waals surface area (Å²) in [5.41, 5.74) is 0.741. The summed E-state index contributed by atoms with van der Waals surface area (Å²) in [6.07, 6.45) is 8.55. The van der Waals surface area contributed by atoms with Gasteiger partial charge in [0.25, 0.3) is 0 Å². The van der Waals surface area contributed by atoms with Crippen molar-refractivity contribution in [3.05, 3.63) is 47.8 Å². The summed E-state index contributed by atoms with van der Waals surface area (Å²) >= 11 is 0. The summed E-state index contributed by atoms with van der Waals surface area (Å²) in [6, 6.07) is 6.77. The molecule has 2 aliphatic rings. The second-order valence-electron chi connectivity index (χ2n) is 6.60. The summed E-state index contributed by atoms with van der Waals surface area (Å²) in [7, 11) is 0. The zero-order valence-electron chi connectivity index (χ0n) is 13.4. The first kappa shape index (κ1) is 16.2. The summed E-state index contributed by atoms with van der Waals surface area (Å²) in [5.74, 6) is -0.0295. The number of rotatable bonds is 4. The third kappa shape index (κ3) is 3.81. The number of nitrogens with one attached hydrogen (secondary N) is 1. The Morgan fingerprint density at radius 3 is 2.83 bits per heavy atom. The Kier molecular flexibility index (Phi) is 5.11. The Balaban J connectivity index is 1.72. The topological polar surface area (TPSA) is 38.3 Å². The van der Waals surface area contributed by atoms with Crippen molar-refractivity contribution in [1.82, 2.24) is 5.32 Å². The lowest BCUT2D eigenvalue weighted by Crippen LogP contribution is -2.46. The van der Waals surface area contributed by atoms with Gasteiger partial charge in [-0.2, -0.15) is 0 Å². The van der Waals surface area contributed by atoms with Gasteiger partial charge in [0.15, 0.2) is 0 Å². The molecule has 0 aromatic heterocycles. The minimum Gasteiger partial charge on any atom is -0.381 e. The number of amides is 1. The van der Waals surface area contributed by atoms with Crippen molar-refractivity contribution in [1.29, 1.82) is 0 Å². The number of allylic oxidation sites excluding steroid dienone is 2. The molecule has 1 aromatic rings. The van der Waals surface area contributed by atoms with Gasteiger partial charge < -0.3 is 10.1 Å². The first-order valence-electron chi connectivity index (χ1n) is 8.46. The highest BCUT2D eigenvalue weighted by Crippen LogP contribution is 2.34. The van der Waals surface area contributed by atoms with Crippen LogP contribution >= 0.6 is 0 Å². The Bertz CT molecular complexity index is 578. The van der Waals surface area contributed by atoms with E-state index in [-0.39, 0.29) is 23.1 Å². The quantitative estimate of drug-likeness (QED) is 0.865. The van der Waals surface area contributed by atoms with Gasteiger partial charge in [0.05, 0.1) is 0 Å². The highest BCUT2D eigenvalue weighted by molar-refractivity contribution is 5.79. The second kappa shape index (κ2) is 7.26. The molecule has 0 radical (unpaired) electrons. The van der Waals surface area contributed by atoms with Gasteiger partial charge in [-0.25, -0.2) is 4.39 Å². The van der Waals surface area contributed by atoms with Crippen LogP contribution in [0.2, 0.25) is 0 Å². The molecule has 3 nitrogen and oxygen atoms in total. The van der Waals surface area contributed by atoms with Crippen molar-refractivity contribution >= 4 is 5.91 Å². The normalized spacial score (nSPS) is 23.4. The molecule has 0 unspecified atom stereocenters. The maximum Gasteiger partial charge on any atom is 0.223 e. The van der Waals surface area contributed by atoms with E-state index in [2.05, 4.69) is 17.5 Å². The third-order valence-electron chi connectivity index (χ3n) is 5.13. The average molecular weight is 317 g/mol. The van der Waals surface area contributed by atoms with Crippen LogP contribution in [-0.4, -0.2) is 25.7 Å². The molecule has 124 valence electrons. The molecule has 1 amide bonds. The summed E-state index contributed by atoms with van der Waals surface area (Å²) < 4.78 is 19.1. The van der Waals surface area contributed by atoms with Gasteiger partial charge in [0.1, 0.15) is 5.82 Å². The fraction of sp³-hybridized carbons (Fsp3) is 0.526. The Hall–Kier alpha value is -1.68. The molecule has 1 fully saturated rings. The number of benzene rings is 1. The Labute approximate surface area is 136 Å². The van der Waals surface area contributed by atoms with E-state index in [9.17, 15) is 9.18 Å². The summed E-state index contributed by atoms with van der Waals surface area (Å²) in [4.78, 5) is 12.4. The fourth-order valence-corrected chi connectivity index (χ4v) is 3.58. The van der Waals surface area contributed by atoms with Gasteiger partial charge >= 0.3 is 0 Å². The van der Waals surface area contributed by atoms with E-state index >= 15 is 0 Å². The van der Waals surface area contributed by atoms with Gasteiger partial charge in [-0.05, 0) is 49.8 Å². The summed E-state index contributed by atoms with van der Waals surface area (Å²) in [6.45, 7) is 1.86. The number of carbonyl (C=O) groups excluding carboxylic acids is 1. The van der Waals surface area contributed by atoms with Crippen LogP contribution in [0.25, 0.3) is 0 Å². The van der Waals surface area contributed by atoms with Crippen molar-refractivity contribution in [3.8, 4) is 0 Å². The second-order valence-corrected chi connectivity index (χ2v) is 6.60. The molecular formula is C19H24FNO2. The van der Waals surface area contributed by atoms with Crippen LogP contribution < -0.4 is 5.32 Å². The number of carbonyl (C=O) groups is 1. The summed E-state index contributed by atoms with van der Waals surface area (Å²) in [5, 5.41) is 3.13. The van der Waals surface area contributed by atoms with E-state index in [0.29, 0.717) is 19.8 Å². The lowest BCUT2D eigenvalue weighted by molar-refractivity contribution is -0.125. The number of halogens is 1. The first-order valence-corrected chi connectivity index (χ1v) is 8.46. The van der Waals surface area contributed by atoms with Gasteiger partial charge in [0.2, 0.25) is 5.91 Å². The van der Waals surface area contributed by atoms with E-state index in [1.165, 1.54) is 6.07 Å². The predicted molar refractivity (Wildman–Crippen MR) is 87.6 cm³/mol. The van der Waals surface area contributed by atoms with Gasteiger partial charge in [-0.1, -0.05) is 24.3 Å². The van der Waals surface area contributed by atoms with Crippen LogP contribution in [0.5, 0.6) is 0 Å². The van der Waals surface area contributed by atoms with E-state index in [4.69, 9.17) is 4.74 Å². The monoisotopic (exact) mass is 317 g/mol. The van der Waals surface area contributed by atoms with E-state index in [0.717, 1.165) is 37.7 Å². The van der Waals surface area contributed by atoms with Crippen LogP contribution in [0.1, 0.15) is 37.7 Å². The van der Waals surface area contributed by atoms with E-state index < -0.39 is 0 Å². The molecule has 1 aromatic carbocycles. The Morgan fingerprint density at radius 1 is 1.30 bits per heavy atom. The molecule has 0 spiro atoms. The first-order chi connectivity index (χ1) is 11.2. The maximum absolute atomic E-state index is 13.7. The molecule has 23 heavy (non-hydrogen) atoms. The number of ether oxygens (including phenoxy) is 1. The molecular weight excluding hydrogens is 293 g/mol. The SMILES string of the molecule is O=C(NCC1(c2cccc(F)c2)CCOCC1)[C@@H]1CC=CCC1. The minimum atomic E-state index is -0.225. The molecule has 1 aliphatic heterocycles. The molecule has 1 saturated heterocycles. The zero-order valence-corrected chi connectivity index (χ0v) is 13.4. The standard InChI is InChI=1S/C19H24FNO2/c20-17-8-4-7-16(13-17)19(9-11-23-12-10-19)14-21-18(22)15-5-2-1-3-6-15/h1-2,4,7-8,13,15H,3,5-6,9-12,14H2,(H,21,22)/t15-/m1/s1. The fourth-order valence-electron chi connectivity index (χ4n) is 3.58. The van der Waals surface area contributed by atoms with Crippen LogP contribution in [0.15, 0.2) is 36.4 Å². The molecule has 3 rings (SSSR count). The van der Waals surface area contributed by atoms with Crippen molar-refractivity contribution < 1.29 is 13.9 Å². The smallest absolute Gasteiger partial charge is 0.223 e. The zero-order chi connectivity index (χ0) is 16.1. The van der Waals surface area contributed by atoms with Gasteiger partial charge in [-0.15, -0.1) is 0 Å². The van der Waals surface area contributed by atoms with Gasteiger partial charge in [-0.3, -0.25) is 4.79 Å². The van der Waals surface area contributed by atoms with Crippen LogP contribution in [0, 0.1) is 11.7 Å². The molecule has 1 heterocycles. The van der Waals surface area contributed by atoms with Crippen molar-refractivity contribution in [2.45, 2.75) is 37.5 Å². The Morgan fingerprint density at radius 2 is 2.13 bits per heavy atom. The highest BCUT2D eigenvalue weighted by Gasteiger charge is 2.35. The van der Waals surface area contributed by atoms with E-state index in [1.54, 1.807) is 12.1 Å². The molecule has 1 N–H and O–H groups in total. The van der Waals surface area contributed by atoms with Crippen LogP contribution in [-0.2, 0) is 14.9 Å². The van der Waals surface area contributed by atoms with Crippen LogP contribution in [0.4, 0.5) is 4.39 Å². The molecule has 0 bridgehead atoms. The number of hydrogen-bond acceptors (Lipinski definition) is 2. The van der Waals surface area contributed by atoms with Crippen LogP contribution in [0.3, 0.4) is 0 Å². The molecule has 4 heteroatoms. The molecule has 1 atom stereocenters. The molecule has 0 saturated carbocycles. The maximum atomic E-state index is 13.7. The lowest BCUT2D eigenvalue weighted by atomic mass is 9.74. The number of hydrogen-bond donors (Lipinski definition) is 1. The van der Waals surface area contributed by atoms with E-state index in [1.807, 2.05) is 6.07 Å². The minimum absolute atomic E-state index is 0.0735. The van der Waals surface area contributed by atoms with Crippen molar-refractivity contribution in [2.75, 3.05) is 19.8 Å². The van der Waals surface area contributed by atoms with Crippen molar-refractivity contribution in [2.24, 2.45) is 5.92 Å². The van der Waals surface area contributed by atoms with Gasteiger partial charge in [0, 0.05) is 31.1 Å². The third-order valence-corrected chi connectivity index (χ3v) is 5.13. The van der Waals surface area contributed by atoms with Crippen molar-refractivity contribution in [3.63, 3.8) is 0 Å². The lowest BCUT2D eigenvalue weighted by Gasteiger charge is -2.38.